The molecule has 0 aliphatic carbocycles. The molecule has 1 amide bonds. The van der Waals surface area contributed by atoms with Crippen molar-refractivity contribution in [1.82, 2.24) is 0 Å². The zero-order valence-corrected chi connectivity index (χ0v) is 8.81. The lowest BCUT2D eigenvalue weighted by molar-refractivity contribution is 0.102. The first-order chi connectivity index (χ1) is 8.24. The fourth-order valence-electron chi connectivity index (χ4n) is 1.75. The molecule has 2 aromatic rings. The zero-order valence-electron chi connectivity index (χ0n) is 8.81. The number of phenols is 1. The Kier molecular flexibility index (Phi) is 2.01. The molecule has 0 bridgehead atoms. The molecule has 3 rings (SSSR count). The highest BCUT2D eigenvalue weighted by atomic mass is 16.5. The van der Waals surface area contributed by atoms with Crippen molar-refractivity contribution in [2.45, 2.75) is 0 Å². The number of hydrogen-bond acceptors (Lipinski definition) is 3. The molecule has 0 unspecified atom stereocenters. The summed E-state index contributed by atoms with van der Waals surface area (Å²) in [5, 5.41) is 12.1. The lowest BCUT2D eigenvalue weighted by Gasteiger charge is -2.07. The van der Waals surface area contributed by atoms with Crippen molar-refractivity contribution in [2.75, 3.05) is 5.32 Å². The first kappa shape index (κ1) is 9.72. The Morgan fingerprint density at radius 3 is 2.76 bits per heavy atom. The van der Waals surface area contributed by atoms with Gasteiger partial charge in [-0.1, -0.05) is 12.1 Å². The van der Waals surface area contributed by atoms with Gasteiger partial charge in [-0.3, -0.25) is 4.79 Å². The molecule has 0 aromatic heterocycles. The van der Waals surface area contributed by atoms with Crippen LogP contribution in [0.25, 0.3) is 0 Å². The predicted octanol–water partition coefficient (Wildman–Crippen LogP) is 2.75. The lowest BCUT2D eigenvalue weighted by atomic mass is 10.2. The van der Waals surface area contributed by atoms with Gasteiger partial charge in [-0.05, 0) is 24.3 Å². The summed E-state index contributed by atoms with van der Waals surface area (Å²) in [6.07, 6.45) is 0. The van der Waals surface area contributed by atoms with E-state index in [9.17, 15) is 9.90 Å². The van der Waals surface area contributed by atoms with E-state index in [1.54, 1.807) is 30.3 Å². The van der Waals surface area contributed by atoms with Gasteiger partial charge in [0.1, 0.15) is 11.5 Å². The molecule has 1 aliphatic heterocycles. The molecule has 0 spiro atoms. The molecule has 4 nitrogen and oxygen atoms in total. The molecular formula is C13H9NO3. The number of carbonyl (C=O) groups is 1. The van der Waals surface area contributed by atoms with Gasteiger partial charge in [0.25, 0.3) is 5.91 Å². The maximum Gasteiger partial charge on any atom is 0.259 e. The van der Waals surface area contributed by atoms with Gasteiger partial charge in [-0.25, -0.2) is 0 Å². The number of benzene rings is 2. The van der Waals surface area contributed by atoms with E-state index in [0.717, 1.165) is 0 Å². The summed E-state index contributed by atoms with van der Waals surface area (Å²) in [5.41, 5.74) is 1.02. The van der Waals surface area contributed by atoms with Gasteiger partial charge in [-0.2, -0.15) is 0 Å². The number of nitrogens with one attached hydrogen (secondary N) is 1. The molecule has 1 aliphatic rings. The molecule has 17 heavy (non-hydrogen) atoms. The SMILES string of the molecule is O=C1Nc2ccc(O)cc2Oc2ccccc21. The first-order valence-electron chi connectivity index (χ1n) is 5.15. The van der Waals surface area contributed by atoms with Crippen LogP contribution in [0.2, 0.25) is 0 Å². The quantitative estimate of drug-likeness (QED) is 0.680. The van der Waals surface area contributed by atoms with E-state index in [4.69, 9.17) is 4.74 Å². The van der Waals surface area contributed by atoms with E-state index in [2.05, 4.69) is 5.32 Å². The summed E-state index contributed by atoms with van der Waals surface area (Å²) in [7, 11) is 0. The van der Waals surface area contributed by atoms with E-state index in [-0.39, 0.29) is 11.7 Å². The second-order valence-electron chi connectivity index (χ2n) is 3.73. The lowest BCUT2D eigenvalue weighted by Crippen LogP contribution is -2.09. The van der Waals surface area contributed by atoms with Gasteiger partial charge >= 0.3 is 0 Å². The van der Waals surface area contributed by atoms with E-state index in [0.29, 0.717) is 22.7 Å². The summed E-state index contributed by atoms with van der Waals surface area (Å²) in [6.45, 7) is 0. The minimum Gasteiger partial charge on any atom is -0.508 e. The van der Waals surface area contributed by atoms with Gasteiger partial charge in [0.2, 0.25) is 0 Å². The molecule has 0 saturated carbocycles. The molecule has 2 aromatic carbocycles. The first-order valence-corrected chi connectivity index (χ1v) is 5.15. The third kappa shape index (κ3) is 1.59. The van der Waals surface area contributed by atoms with Crippen LogP contribution in [-0.2, 0) is 0 Å². The maximum absolute atomic E-state index is 11.9. The fourth-order valence-corrected chi connectivity index (χ4v) is 1.75. The smallest absolute Gasteiger partial charge is 0.259 e. The molecule has 84 valence electrons. The minimum absolute atomic E-state index is 0.0948. The topological polar surface area (TPSA) is 58.6 Å². The third-order valence-electron chi connectivity index (χ3n) is 2.56. The Morgan fingerprint density at radius 2 is 1.88 bits per heavy atom. The molecule has 4 heteroatoms. The van der Waals surface area contributed by atoms with Crippen molar-refractivity contribution in [3.63, 3.8) is 0 Å². The van der Waals surface area contributed by atoms with Gasteiger partial charge in [0.05, 0.1) is 11.3 Å². The van der Waals surface area contributed by atoms with Crippen molar-refractivity contribution in [1.29, 1.82) is 0 Å². The number of amides is 1. The number of anilines is 1. The number of hydrogen-bond donors (Lipinski definition) is 2. The van der Waals surface area contributed by atoms with Crippen LogP contribution in [0.5, 0.6) is 17.2 Å². The van der Waals surface area contributed by atoms with E-state index in [1.165, 1.54) is 12.1 Å². The standard InChI is InChI=1S/C13H9NO3/c15-8-5-6-10-12(7-8)17-11-4-2-1-3-9(11)13(16)14-10/h1-7,15H,(H,14,16). The number of carbonyl (C=O) groups excluding carboxylic acids is 1. The molecular weight excluding hydrogens is 218 g/mol. The highest BCUT2D eigenvalue weighted by Gasteiger charge is 2.20. The molecule has 1 heterocycles. The van der Waals surface area contributed by atoms with Crippen molar-refractivity contribution >= 4 is 11.6 Å². The van der Waals surface area contributed by atoms with Crippen LogP contribution < -0.4 is 10.1 Å². The summed E-state index contributed by atoms with van der Waals surface area (Å²) >= 11 is 0. The van der Waals surface area contributed by atoms with Crippen molar-refractivity contribution < 1.29 is 14.6 Å². The average Bonchev–Trinajstić information content (AvgIpc) is 2.46. The zero-order chi connectivity index (χ0) is 11.8. The predicted molar refractivity (Wildman–Crippen MR) is 62.6 cm³/mol. The second kappa shape index (κ2) is 3.52. The van der Waals surface area contributed by atoms with E-state index >= 15 is 0 Å². The van der Waals surface area contributed by atoms with Crippen molar-refractivity contribution in [3.8, 4) is 17.2 Å². The van der Waals surface area contributed by atoms with Crippen LogP contribution in [0.1, 0.15) is 10.4 Å². The summed E-state index contributed by atoms with van der Waals surface area (Å²) < 4.78 is 5.61. The molecule has 0 saturated heterocycles. The maximum atomic E-state index is 11.9. The van der Waals surface area contributed by atoms with Crippen LogP contribution in [0.15, 0.2) is 42.5 Å². The monoisotopic (exact) mass is 227 g/mol. The van der Waals surface area contributed by atoms with Crippen molar-refractivity contribution in [2.24, 2.45) is 0 Å². The fraction of sp³-hybridized carbons (Fsp3) is 0. The van der Waals surface area contributed by atoms with Crippen molar-refractivity contribution in [3.05, 3.63) is 48.0 Å². The number of ether oxygens (including phenoxy) is 1. The molecule has 2 N–H and O–H groups in total. The number of fused-ring (bicyclic) bond motifs is 2. The van der Waals surface area contributed by atoms with Crippen LogP contribution in [-0.4, -0.2) is 11.0 Å². The van der Waals surface area contributed by atoms with Crippen LogP contribution in [0, 0.1) is 0 Å². The van der Waals surface area contributed by atoms with Gasteiger partial charge in [-0.15, -0.1) is 0 Å². The Bertz CT molecular complexity index is 607. The van der Waals surface area contributed by atoms with E-state index in [1.807, 2.05) is 0 Å². The summed E-state index contributed by atoms with van der Waals surface area (Å²) in [4.78, 5) is 11.9. The Morgan fingerprint density at radius 1 is 1.06 bits per heavy atom. The molecule has 0 fully saturated rings. The normalized spacial score (nSPS) is 12.8. The van der Waals surface area contributed by atoms with Gasteiger partial charge < -0.3 is 15.2 Å². The number of para-hydroxylation sites is 1. The van der Waals surface area contributed by atoms with Crippen LogP contribution in [0.4, 0.5) is 5.69 Å². The van der Waals surface area contributed by atoms with Crippen LogP contribution >= 0.6 is 0 Å². The van der Waals surface area contributed by atoms with Gasteiger partial charge in [0.15, 0.2) is 5.75 Å². The molecule has 0 atom stereocenters. The van der Waals surface area contributed by atoms with Crippen LogP contribution in [0.3, 0.4) is 0 Å². The summed E-state index contributed by atoms with van der Waals surface area (Å²) in [5.74, 6) is 0.792. The van der Waals surface area contributed by atoms with E-state index < -0.39 is 0 Å². The minimum atomic E-state index is -0.218. The Labute approximate surface area is 97.5 Å². The highest BCUT2D eigenvalue weighted by Crippen LogP contribution is 2.37. The second-order valence-corrected chi connectivity index (χ2v) is 3.73. The summed E-state index contributed by atoms with van der Waals surface area (Å²) in [6, 6.07) is 11.5. The number of phenolic OH excluding ortho intramolecular Hbond substituents is 1. The Hall–Kier alpha value is -2.49. The average molecular weight is 227 g/mol. The largest absolute Gasteiger partial charge is 0.508 e. The third-order valence-corrected chi connectivity index (χ3v) is 2.56. The van der Waals surface area contributed by atoms with Gasteiger partial charge in [0, 0.05) is 6.07 Å². The highest BCUT2D eigenvalue weighted by molar-refractivity contribution is 6.07. The number of aromatic hydroxyl groups is 1. The Balaban J connectivity index is 2.18. The molecule has 0 radical (unpaired) electrons. The number of rotatable bonds is 0.